The van der Waals surface area contributed by atoms with Crippen molar-refractivity contribution in [3.8, 4) is 28.4 Å². The summed E-state index contributed by atoms with van der Waals surface area (Å²) in [5.74, 6) is 1.40. The van der Waals surface area contributed by atoms with Crippen LogP contribution >= 0.6 is 0 Å². The van der Waals surface area contributed by atoms with E-state index in [2.05, 4.69) is 31.2 Å². The molecule has 0 fully saturated rings. The first-order valence-electron chi connectivity index (χ1n) is 9.73. The third kappa shape index (κ3) is 3.80. The number of para-hydroxylation sites is 1. The van der Waals surface area contributed by atoms with Gasteiger partial charge in [0.25, 0.3) is 0 Å². The average Bonchev–Trinajstić information content (AvgIpc) is 3.24. The first-order chi connectivity index (χ1) is 14.6. The largest absolute Gasteiger partial charge is 0.497 e. The molecule has 0 radical (unpaired) electrons. The molecular weight excluding hydrogens is 376 g/mol. The highest BCUT2D eigenvalue weighted by Crippen LogP contribution is 2.33. The molecule has 4 rings (SSSR count). The van der Waals surface area contributed by atoms with E-state index in [0.29, 0.717) is 17.0 Å². The Bertz CT molecular complexity index is 1130. The van der Waals surface area contributed by atoms with Crippen LogP contribution in [-0.4, -0.2) is 29.1 Å². The number of aliphatic hydroxyl groups is 1. The molecule has 1 atom stereocenters. The fourth-order valence-corrected chi connectivity index (χ4v) is 3.43. The molecule has 0 aliphatic rings. The van der Waals surface area contributed by atoms with Crippen LogP contribution in [0.2, 0.25) is 0 Å². The van der Waals surface area contributed by atoms with Crippen molar-refractivity contribution in [3.05, 3.63) is 95.7 Å². The van der Waals surface area contributed by atoms with Crippen molar-refractivity contribution in [3.63, 3.8) is 0 Å². The summed E-state index contributed by atoms with van der Waals surface area (Å²) < 4.78 is 12.5. The first kappa shape index (κ1) is 19.7. The maximum atomic E-state index is 11.1. The summed E-state index contributed by atoms with van der Waals surface area (Å²) in [4.78, 5) is 0. The van der Waals surface area contributed by atoms with Crippen molar-refractivity contribution in [2.75, 3.05) is 14.2 Å². The van der Waals surface area contributed by atoms with Crippen molar-refractivity contribution in [2.24, 2.45) is 0 Å². The predicted octanol–water partition coefficient (Wildman–Crippen LogP) is 4.95. The summed E-state index contributed by atoms with van der Waals surface area (Å²) >= 11 is 0. The minimum Gasteiger partial charge on any atom is -0.497 e. The van der Waals surface area contributed by atoms with Gasteiger partial charge in [-0.25, -0.2) is 4.68 Å². The molecule has 0 spiro atoms. The van der Waals surface area contributed by atoms with Crippen LogP contribution in [0.25, 0.3) is 16.9 Å². The van der Waals surface area contributed by atoms with Gasteiger partial charge in [-0.05, 0) is 43.3 Å². The van der Waals surface area contributed by atoms with E-state index >= 15 is 0 Å². The number of aliphatic hydroxyl groups excluding tert-OH is 1. The number of aryl methyl sites for hydroxylation is 1. The second-order valence-electron chi connectivity index (χ2n) is 7.07. The van der Waals surface area contributed by atoms with Crippen LogP contribution in [0.3, 0.4) is 0 Å². The second-order valence-corrected chi connectivity index (χ2v) is 7.07. The molecule has 1 aromatic heterocycles. The molecule has 1 heterocycles. The molecule has 5 nitrogen and oxygen atoms in total. The van der Waals surface area contributed by atoms with Gasteiger partial charge in [0.1, 0.15) is 17.6 Å². The Labute approximate surface area is 176 Å². The van der Waals surface area contributed by atoms with E-state index < -0.39 is 6.10 Å². The zero-order chi connectivity index (χ0) is 21.1. The van der Waals surface area contributed by atoms with Crippen LogP contribution in [-0.2, 0) is 0 Å². The van der Waals surface area contributed by atoms with Gasteiger partial charge in [0.2, 0.25) is 0 Å². The van der Waals surface area contributed by atoms with Crippen molar-refractivity contribution in [1.29, 1.82) is 0 Å². The molecule has 1 unspecified atom stereocenters. The number of hydrogen-bond donors (Lipinski definition) is 1. The molecule has 152 valence electrons. The summed E-state index contributed by atoms with van der Waals surface area (Å²) in [6.45, 7) is 2.06. The van der Waals surface area contributed by atoms with E-state index in [1.54, 1.807) is 14.2 Å². The van der Waals surface area contributed by atoms with Crippen molar-refractivity contribution >= 4 is 0 Å². The Morgan fingerprint density at radius 3 is 2.23 bits per heavy atom. The van der Waals surface area contributed by atoms with Crippen molar-refractivity contribution < 1.29 is 14.6 Å². The van der Waals surface area contributed by atoms with E-state index in [0.717, 1.165) is 22.7 Å². The normalized spacial score (nSPS) is 11.9. The highest BCUT2D eigenvalue weighted by Gasteiger charge is 2.21. The molecule has 0 bridgehead atoms. The van der Waals surface area contributed by atoms with Gasteiger partial charge in [0, 0.05) is 11.1 Å². The van der Waals surface area contributed by atoms with Gasteiger partial charge in [-0.3, -0.25) is 0 Å². The molecule has 30 heavy (non-hydrogen) atoms. The lowest BCUT2D eigenvalue weighted by molar-refractivity contribution is 0.209. The van der Waals surface area contributed by atoms with E-state index in [9.17, 15) is 5.11 Å². The summed E-state index contributed by atoms with van der Waals surface area (Å²) in [6.07, 6.45) is -0.912. The molecule has 3 aromatic carbocycles. The van der Waals surface area contributed by atoms with Gasteiger partial charge >= 0.3 is 0 Å². The third-order valence-electron chi connectivity index (χ3n) is 5.11. The molecule has 4 aromatic rings. The Morgan fingerprint density at radius 2 is 1.57 bits per heavy atom. The van der Waals surface area contributed by atoms with Crippen LogP contribution in [0, 0.1) is 6.92 Å². The van der Waals surface area contributed by atoms with Gasteiger partial charge in [-0.15, -0.1) is 0 Å². The quantitative estimate of drug-likeness (QED) is 0.498. The molecule has 1 N–H and O–H groups in total. The van der Waals surface area contributed by atoms with Crippen LogP contribution < -0.4 is 9.47 Å². The maximum absolute atomic E-state index is 11.1. The molecule has 0 aliphatic heterocycles. The first-order valence-corrected chi connectivity index (χ1v) is 9.73. The number of rotatable bonds is 6. The third-order valence-corrected chi connectivity index (χ3v) is 5.11. The van der Waals surface area contributed by atoms with E-state index in [1.165, 1.54) is 5.56 Å². The SMILES string of the molecule is COc1ccc(-n2nc(C(O)c3ccccc3OC)cc2-c2ccc(C)cc2)cc1. The van der Waals surface area contributed by atoms with Gasteiger partial charge in [-0.1, -0.05) is 48.0 Å². The number of hydrogen-bond acceptors (Lipinski definition) is 4. The van der Waals surface area contributed by atoms with Crippen LogP contribution in [0.15, 0.2) is 78.9 Å². The van der Waals surface area contributed by atoms with Gasteiger partial charge in [0.15, 0.2) is 0 Å². The summed E-state index contributed by atoms with van der Waals surface area (Å²) in [7, 11) is 3.24. The molecule has 5 heteroatoms. The molecule has 0 saturated carbocycles. The predicted molar refractivity (Wildman–Crippen MR) is 117 cm³/mol. The fraction of sp³-hybridized carbons (Fsp3) is 0.160. The number of nitrogens with zero attached hydrogens (tertiary/aromatic N) is 2. The monoisotopic (exact) mass is 400 g/mol. The lowest BCUT2D eigenvalue weighted by Crippen LogP contribution is -2.05. The Balaban J connectivity index is 1.83. The topological polar surface area (TPSA) is 56.5 Å². The van der Waals surface area contributed by atoms with E-state index in [-0.39, 0.29) is 0 Å². The van der Waals surface area contributed by atoms with Gasteiger partial charge < -0.3 is 14.6 Å². The van der Waals surface area contributed by atoms with Crippen LogP contribution in [0.1, 0.15) is 22.9 Å². The minimum absolute atomic E-state index is 0.547. The zero-order valence-electron chi connectivity index (χ0n) is 17.2. The van der Waals surface area contributed by atoms with Crippen LogP contribution in [0.5, 0.6) is 11.5 Å². The average molecular weight is 400 g/mol. The molecular formula is C25H24N2O3. The Morgan fingerprint density at radius 1 is 0.867 bits per heavy atom. The standard InChI is InChI=1S/C25H24N2O3/c1-17-8-10-18(11-9-17)23-16-22(25(28)21-6-4-5-7-24(21)30-3)26-27(23)19-12-14-20(29-2)15-13-19/h4-16,25,28H,1-3H3. The lowest BCUT2D eigenvalue weighted by atomic mass is 10.0. The maximum Gasteiger partial charge on any atom is 0.126 e. The lowest BCUT2D eigenvalue weighted by Gasteiger charge is -2.12. The molecule has 0 saturated heterocycles. The summed E-state index contributed by atoms with van der Waals surface area (Å²) in [5, 5.41) is 15.8. The fourth-order valence-electron chi connectivity index (χ4n) is 3.43. The molecule has 0 aliphatic carbocycles. The van der Waals surface area contributed by atoms with Crippen molar-refractivity contribution in [1.82, 2.24) is 9.78 Å². The van der Waals surface area contributed by atoms with Gasteiger partial charge in [-0.2, -0.15) is 5.10 Å². The number of ether oxygens (including phenoxy) is 2. The van der Waals surface area contributed by atoms with E-state index in [4.69, 9.17) is 14.6 Å². The smallest absolute Gasteiger partial charge is 0.126 e. The minimum atomic E-state index is -0.912. The van der Waals surface area contributed by atoms with E-state index in [1.807, 2.05) is 59.3 Å². The highest BCUT2D eigenvalue weighted by atomic mass is 16.5. The Hall–Kier alpha value is -3.57. The number of aromatic nitrogens is 2. The number of methoxy groups -OCH3 is 2. The second kappa shape index (κ2) is 8.43. The summed E-state index contributed by atoms with van der Waals surface area (Å²) in [5.41, 5.74) is 5.20. The Kier molecular flexibility index (Phi) is 5.55. The number of benzene rings is 3. The highest BCUT2D eigenvalue weighted by molar-refractivity contribution is 5.64. The zero-order valence-corrected chi connectivity index (χ0v) is 17.2. The van der Waals surface area contributed by atoms with Gasteiger partial charge in [0.05, 0.1) is 31.3 Å². The van der Waals surface area contributed by atoms with Crippen LogP contribution in [0.4, 0.5) is 0 Å². The summed E-state index contributed by atoms with van der Waals surface area (Å²) in [6, 6.07) is 25.3. The van der Waals surface area contributed by atoms with Crippen molar-refractivity contribution in [2.45, 2.75) is 13.0 Å². The molecule has 0 amide bonds.